The summed E-state index contributed by atoms with van der Waals surface area (Å²) in [5, 5.41) is 36.7. The molecular formula is C14H21N4O8P2+. The Hall–Kier alpha value is -1.54. The van der Waals surface area contributed by atoms with Crippen LogP contribution in [0.1, 0.15) is 6.23 Å². The van der Waals surface area contributed by atoms with Crippen LogP contribution in [0.4, 0.5) is 5.82 Å². The minimum atomic E-state index is -1.31. The molecule has 0 aliphatic carbocycles. The average molecular weight is 435 g/mol. The maximum atomic E-state index is 11.5. The van der Waals surface area contributed by atoms with E-state index in [0.717, 1.165) is 4.57 Å². The zero-order valence-electron chi connectivity index (χ0n) is 14.8. The van der Waals surface area contributed by atoms with E-state index in [4.69, 9.17) is 20.7 Å². The number of nitrogen functional groups attached to an aromatic ring is 1. The first-order valence-corrected chi connectivity index (χ1v) is 9.48. The Balaban J connectivity index is 0.000000311. The van der Waals surface area contributed by atoms with E-state index >= 15 is 0 Å². The summed E-state index contributed by atoms with van der Waals surface area (Å²) in [5.41, 5.74) is 4.63. The van der Waals surface area contributed by atoms with Crippen LogP contribution in [-0.4, -0.2) is 79.6 Å². The Morgan fingerprint density at radius 3 is 2.32 bits per heavy atom. The van der Waals surface area contributed by atoms with Crippen molar-refractivity contribution in [3.05, 3.63) is 22.7 Å². The summed E-state index contributed by atoms with van der Waals surface area (Å²) in [4.78, 5) is 15.0. The quantitative estimate of drug-likeness (QED) is 0.269. The smallest absolute Gasteiger partial charge is 0.351 e. The van der Waals surface area contributed by atoms with Gasteiger partial charge < -0.3 is 25.8 Å². The third kappa shape index (κ3) is 6.51. The number of nitrogens with two attached hydrogens (primary N) is 1. The fourth-order valence-corrected chi connectivity index (χ4v) is 2.97. The second-order valence-electron chi connectivity index (χ2n) is 5.79. The van der Waals surface area contributed by atoms with Gasteiger partial charge in [0.1, 0.15) is 24.1 Å². The SMILES string of the molecule is C[N+](C#P=O)(C#P=O)CCO.Nc1ccn([C@@H]2O[C@H](CO)[C@@H](O)[C@H]2O)c(=O)n1. The predicted octanol–water partition coefficient (Wildman–Crippen LogP) is -1.72. The van der Waals surface area contributed by atoms with Gasteiger partial charge in [-0.1, -0.05) is 0 Å². The summed E-state index contributed by atoms with van der Waals surface area (Å²) in [6, 6.07) is 1.37. The summed E-state index contributed by atoms with van der Waals surface area (Å²) >= 11 is 0. The molecule has 6 N–H and O–H groups in total. The van der Waals surface area contributed by atoms with Crippen molar-refractivity contribution in [2.24, 2.45) is 0 Å². The first-order chi connectivity index (χ1) is 13.2. The molecule has 0 spiro atoms. The van der Waals surface area contributed by atoms with Gasteiger partial charge in [-0.3, -0.25) is 4.57 Å². The molecule has 4 atom stereocenters. The molecule has 0 aromatic carbocycles. The molecular weight excluding hydrogens is 414 g/mol. The molecule has 1 fully saturated rings. The minimum Gasteiger partial charge on any atom is -0.394 e. The van der Waals surface area contributed by atoms with Gasteiger partial charge >= 0.3 is 71.9 Å². The van der Waals surface area contributed by atoms with Crippen LogP contribution in [0.3, 0.4) is 0 Å². The van der Waals surface area contributed by atoms with E-state index in [1.54, 1.807) is 7.05 Å². The summed E-state index contributed by atoms with van der Waals surface area (Å²) in [6.45, 7) is -0.280. The van der Waals surface area contributed by atoms with Crippen LogP contribution in [0.15, 0.2) is 17.1 Å². The Bertz CT molecular complexity index is 903. The Morgan fingerprint density at radius 2 is 1.89 bits per heavy atom. The Labute approximate surface area is 162 Å². The van der Waals surface area contributed by atoms with Gasteiger partial charge in [0.25, 0.3) is 0 Å². The van der Waals surface area contributed by atoms with Gasteiger partial charge in [0.2, 0.25) is 0 Å². The Kier molecular flexibility index (Phi) is 10.0. The van der Waals surface area contributed by atoms with Crippen LogP contribution in [0.25, 0.3) is 0 Å². The molecule has 1 aromatic heterocycles. The van der Waals surface area contributed by atoms with Gasteiger partial charge in [-0.15, -0.1) is 0 Å². The molecule has 1 aliphatic heterocycles. The molecule has 12 nitrogen and oxygen atoms in total. The number of anilines is 1. The van der Waals surface area contributed by atoms with Crippen LogP contribution >= 0.6 is 15.8 Å². The fourth-order valence-electron chi connectivity index (χ4n) is 2.23. The van der Waals surface area contributed by atoms with Crippen LogP contribution in [0.2, 0.25) is 0 Å². The van der Waals surface area contributed by atoms with Crippen molar-refractivity contribution in [2.45, 2.75) is 24.5 Å². The zero-order chi connectivity index (χ0) is 21.3. The third-order valence-electron chi connectivity index (χ3n) is 3.71. The molecule has 1 aromatic rings. The monoisotopic (exact) mass is 435 g/mol. The fraction of sp³-hybridized carbons (Fsp3) is 0.571. The van der Waals surface area contributed by atoms with E-state index in [-0.39, 0.29) is 39.3 Å². The van der Waals surface area contributed by atoms with E-state index in [0.29, 0.717) is 0 Å². The van der Waals surface area contributed by atoms with Crippen LogP contribution < -0.4 is 11.4 Å². The van der Waals surface area contributed by atoms with Gasteiger partial charge in [0.15, 0.2) is 6.23 Å². The average Bonchev–Trinajstić information content (AvgIpc) is 2.91. The summed E-state index contributed by atoms with van der Waals surface area (Å²) < 4.78 is 26.3. The molecule has 0 saturated carbocycles. The first-order valence-electron chi connectivity index (χ1n) is 7.85. The molecule has 2 rings (SSSR count). The van der Waals surface area contributed by atoms with Crippen molar-refractivity contribution in [1.29, 1.82) is 0 Å². The van der Waals surface area contributed by atoms with Gasteiger partial charge in [0.05, 0.1) is 6.61 Å². The largest absolute Gasteiger partial charge is 0.394 e. The van der Waals surface area contributed by atoms with Crippen molar-refractivity contribution in [2.75, 3.05) is 32.5 Å². The van der Waals surface area contributed by atoms with Gasteiger partial charge in [0, 0.05) is 6.20 Å². The maximum Gasteiger partial charge on any atom is 0.351 e. The first kappa shape index (κ1) is 24.5. The van der Waals surface area contributed by atoms with Gasteiger partial charge in [-0.2, -0.15) is 4.98 Å². The van der Waals surface area contributed by atoms with Gasteiger partial charge in [-0.05, 0) is 6.07 Å². The Morgan fingerprint density at radius 1 is 1.29 bits per heavy atom. The number of nitrogens with zero attached hydrogens (tertiary/aromatic N) is 3. The maximum absolute atomic E-state index is 11.5. The normalized spacial score (nSPS) is 25.5. The number of ether oxygens (including phenoxy) is 1. The van der Waals surface area contributed by atoms with Crippen molar-refractivity contribution in [3.8, 4) is 11.5 Å². The van der Waals surface area contributed by atoms with E-state index in [1.807, 2.05) is 0 Å². The molecule has 154 valence electrons. The number of hydrogen-bond donors (Lipinski definition) is 5. The van der Waals surface area contributed by atoms with Crippen molar-refractivity contribution >= 4 is 21.6 Å². The summed E-state index contributed by atoms with van der Waals surface area (Å²) in [5.74, 6) is 4.93. The van der Waals surface area contributed by atoms with Crippen LogP contribution in [0.5, 0.6) is 0 Å². The predicted molar refractivity (Wildman–Crippen MR) is 97.0 cm³/mol. The molecule has 28 heavy (non-hydrogen) atoms. The van der Waals surface area contributed by atoms with Crippen molar-refractivity contribution in [3.63, 3.8) is 0 Å². The second-order valence-corrected chi connectivity index (χ2v) is 6.56. The number of quaternary nitrogens is 1. The number of likely N-dealkylation sites (N-methyl/N-ethyl adjacent to an activating group) is 1. The van der Waals surface area contributed by atoms with E-state index in [2.05, 4.69) is 16.5 Å². The van der Waals surface area contributed by atoms with E-state index in [9.17, 15) is 24.1 Å². The third-order valence-corrected chi connectivity index (χ3v) is 4.76. The molecule has 1 aliphatic rings. The molecule has 0 radical (unpaired) electrons. The molecule has 0 bridgehead atoms. The minimum absolute atomic E-state index is 0.0537. The van der Waals surface area contributed by atoms with Crippen molar-refractivity contribution < 1.29 is 38.8 Å². The zero-order valence-corrected chi connectivity index (χ0v) is 16.6. The summed E-state index contributed by atoms with van der Waals surface area (Å²) in [6.07, 6.45) is -3.27. The molecule has 1 saturated heterocycles. The number of rotatable bonds is 4. The number of aromatic nitrogens is 2. The summed E-state index contributed by atoms with van der Waals surface area (Å²) in [7, 11) is 1.02. The molecule has 0 unspecified atom stereocenters. The number of aliphatic hydroxyl groups excluding tert-OH is 4. The number of aliphatic hydroxyl groups is 4. The molecule has 14 heteroatoms. The number of hydrogen-bond acceptors (Lipinski definition) is 10. The standard InChI is InChI=1S/C9H13N3O5.C5H8NO3P2/c10-5-1-2-12(9(16)11-5)8-7(15)6(14)4(3-13)17-8;1-6(2-3-7,4-10-8)5-11-9/h1-2,4,6-8,13-15H,3H2,(H2,10,11,16);7H,2-3H2,1H3/q;+1/t4-,6-,7-,8-;/m1./s1. The topological polar surface area (TPSA) is 185 Å². The molecule has 0 amide bonds. The van der Waals surface area contributed by atoms with Crippen LogP contribution in [0, 0.1) is 11.5 Å². The molecule has 2 heterocycles. The second kappa shape index (κ2) is 11.5. The van der Waals surface area contributed by atoms with Crippen molar-refractivity contribution in [1.82, 2.24) is 9.55 Å². The van der Waals surface area contributed by atoms with E-state index < -0.39 is 36.8 Å². The van der Waals surface area contributed by atoms with E-state index in [1.165, 1.54) is 12.3 Å². The van der Waals surface area contributed by atoms with Gasteiger partial charge in [-0.25, -0.2) is 4.79 Å². The van der Waals surface area contributed by atoms with Crippen LogP contribution in [-0.2, 0) is 13.9 Å².